The number of rotatable bonds is 7. The second-order valence-corrected chi connectivity index (χ2v) is 5.72. The van der Waals surface area contributed by atoms with E-state index in [9.17, 15) is 9.90 Å². The lowest BCUT2D eigenvalue weighted by atomic mass is 9.97. The fourth-order valence-electron chi connectivity index (χ4n) is 2.90. The second kappa shape index (κ2) is 8.03. The zero-order valence-corrected chi connectivity index (χ0v) is 12.7. The Labute approximate surface area is 126 Å². The number of aliphatic hydroxyl groups is 1. The molecule has 0 aliphatic heterocycles. The molecule has 1 fully saturated rings. The highest BCUT2D eigenvalue weighted by Crippen LogP contribution is 2.30. The molecule has 0 saturated heterocycles. The van der Waals surface area contributed by atoms with Crippen LogP contribution in [0.1, 0.15) is 43.0 Å². The number of ether oxygens (including phenoxy) is 1. The van der Waals surface area contributed by atoms with Gasteiger partial charge in [0.15, 0.2) is 0 Å². The van der Waals surface area contributed by atoms with Gasteiger partial charge >= 0.3 is 0 Å². The van der Waals surface area contributed by atoms with Crippen molar-refractivity contribution >= 4 is 5.91 Å². The summed E-state index contributed by atoms with van der Waals surface area (Å²) in [6.45, 7) is 3.58. The van der Waals surface area contributed by atoms with Crippen LogP contribution in [-0.2, 0) is 0 Å². The van der Waals surface area contributed by atoms with Crippen LogP contribution < -0.4 is 10.1 Å². The van der Waals surface area contributed by atoms with Crippen molar-refractivity contribution in [3.05, 3.63) is 29.8 Å². The van der Waals surface area contributed by atoms with Gasteiger partial charge < -0.3 is 15.2 Å². The summed E-state index contributed by atoms with van der Waals surface area (Å²) >= 11 is 0. The van der Waals surface area contributed by atoms with E-state index in [-0.39, 0.29) is 12.5 Å². The third-order valence-electron chi connectivity index (χ3n) is 4.14. The molecule has 116 valence electrons. The fraction of sp³-hybridized carbons (Fsp3) is 0.588. The molecule has 2 N–H and O–H groups in total. The van der Waals surface area contributed by atoms with Gasteiger partial charge in [0.2, 0.25) is 0 Å². The number of aliphatic hydroxyl groups excluding tert-OH is 1. The average molecular weight is 291 g/mol. The molecule has 1 aromatic carbocycles. The van der Waals surface area contributed by atoms with Gasteiger partial charge in [0.05, 0.1) is 6.61 Å². The highest BCUT2D eigenvalue weighted by molar-refractivity contribution is 5.94. The Morgan fingerprint density at radius 1 is 1.38 bits per heavy atom. The molecule has 1 aliphatic rings. The summed E-state index contributed by atoms with van der Waals surface area (Å²) in [5.74, 6) is 1.40. The molecule has 0 spiro atoms. The smallest absolute Gasteiger partial charge is 0.251 e. The quantitative estimate of drug-likeness (QED) is 0.812. The Morgan fingerprint density at radius 2 is 2.19 bits per heavy atom. The van der Waals surface area contributed by atoms with E-state index in [1.165, 1.54) is 0 Å². The Kier molecular flexibility index (Phi) is 6.05. The van der Waals surface area contributed by atoms with E-state index >= 15 is 0 Å². The predicted octanol–water partition coefficient (Wildman–Crippen LogP) is 2.61. The molecule has 1 aromatic rings. The molecule has 1 aliphatic carbocycles. The van der Waals surface area contributed by atoms with E-state index in [1.807, 2.05) is 12.1 Å². The van der Waals surface area contributed by atoms with Gasteiger partial charge in [-0.05, 0) is 49.3 Å². The SMILES string of the molecule is CCCOc1cccc(C(=O)NCC2CCCC2CO)c1. The van der Waals surface area contributed by atoms with E-state index in [0.29, 0.717) is 30.6 Å². The third kappa shape index (κ3) is 4.46. The normalized spacial score (nSPS) is 21.2. The Balaban J connectivity index is 1.88. The van der Waals surface area contributed by atoms with Gasteiger partial charge in [0.25, 0.3) is 5.91 Å². The topological polar surface area (TPSA) is 58.6 Å². The van der Waals surface area contributed by atoms with Crippen LogP contribution in [-0.4, -0.2) is 30.8 Å². The van der Waals surface area contributed by atoms with E-state index in [2.05, 4.69) is 12.2 Å². The number of hydrogen-bond acceptors (Lipinski definition) is 3. The van der Waals surface area contributed by atoms with Crippen molar-refractivity contribution in [2.45, 2.75) is 32.6 Å². The molecule has 2 unspecified atom stereocenters. The van der Waals surface area contributed by atoms with E-state index in [1.54, 1.807) is 12.1 Å². The molecule has 0 radical (unpaired) electrons. The lowest BCUT2D eigenvalue weighted by Crippen LogP contribution is -2.31. The van der Waals surface area contributed by atoms with Crippen LogP contribution in [0.15, 0.2) is 24.3 Å². The van der Waals surface area contributed by atoms with Gasteiger partial charge in [-0.3, -0.25) is 4.79 Å². The minimum absolute atomic E-state index is 0.0689. The largest absolute Gasteiger partial charge is 0.494 e. The van der Waals surface area contributed by atoms with Gasteiger partial charge in [0.1, 0.15) is 5.75 Å². The van der Waals surface area contributed by atoms with Gasteiger partial charge in [-0.1, -0.05) is 19.4 Å². The van der Waals surface area contributed by atoms with Crippen LogP contribution in [0, 0.1) is 11.8 Å². The lowest BCUT2D eigenvalue weighted by Gasteiger charge is -2.17. The molecular weight excluding hydrogens is 266 g/mol. The first-order chi connectivity index (χ1) is 10.2. The molecule has 21 heavy (non-hydrogen) atoms. The van der Waals surface area contributed by atoms with Crippen molar-refractivity contribution in [3.63, 3.8) is 0 Å². The van der Waals surface area contributed by atoms with E-state index in [0.717, 1.165) is 31.4 Å². The van der Waals surface area contributed by atoms with Crippen molar-refractivity contribution in [1.29, 1.82) is 0 Å². The van der Waals surface area contributed by atoms with Crippen LogP contribution in [0.3, 0.4) is 0 Å². The molecule has 1 amide bonds. The van der Waals surface area contributed by atoms with Crippen molar-refractivity contribution in [2.24, 2.45) is 11.8 Å². The maximum atomic E-state index is 12.2. The number of benzene rings is 1. The number of nitrogens with one attached hydrogen (secondary N) is 1. The van der Waals surface area contributed by atoms with Gasteiger partial charge in [-0.25, -0.2) is 0 Å². The van der Waals surface area contributed by atoms with Crippen molar-refractivity contribution in [2.75, 3.05) is 19.8 Å². The molecule has 4 nitrogen and oxygen atoms in total. The number of amides is 1. The number of carbonyl (C=O) groups excluding carboxylic acids is 1. The third-order valence-corrected chi connectivity index (χ3v) is 4.14. The van der Waals surface area contributed by atoms with Gasteiger partial charge in [-0.15, -0.1) is 0 Å². The zero-order valence-electron chi connectivity index (χ0n) is 12.7. The van der Waals surface area contributed by atoms with Crippen molar-refractivity contribution in [3.8, 4) is 5.75 Å². The Bertz CT molecular complexity index is 461. The minimum atomic E-state index is -0.0689. The number of hydrogen-bond donors (Lipinski definition) is 2. The summed E-state index contributed by atoms with van der Waals surface area (Å²) < 4.78 is 5.55. The molecule has 2 atom stereocenters. The highest BCUT2D eigenvalue weighted by atomic mass is 16.5. The van der Waals surface area contributed by atoms with Crippen molar-refractivity contribution in [1.82, 2.24) is 5.32 Å². The summed E-state index contributed by atoms with van der Waals surface area (Å²) in [7, 11) is 0. The summed E-state index contributed by atoms with van der Waals surface area (Å²) in [6, 6.07) is 7.28. The first-order valence-corrected chi connectivity index (χ1v) is 7.86. The number of carbonyl (C=O) groups is 1. The van der Waals surface area contributed by atoms with Crippen LogP contribution >= 0.6 is 0 Å². The van der Waals surface area contributed by atoms with Crippen LogP contribution in [0.25, 0.3) is 0 Å². The predicted molar refractivity (Wildman–Crippen MR) is 82.5 cm³/mol. The lowest BCUT2D eigenvalue weighted by molar-refractivity contribution is 0.0937. The van der Waals surface area contributed by atoms with Crippen LogP contribution in [0.4, 0.5) is 0 Å². The van der Waals surface area contributed by atoms with E-state index < -0.39 is 0 Å². The molecule has 2 rings (SSSR count). The second-order valence-electron chi connectivity index (χ2n) is 5.72. The monoisotopic (exact) mass is 291 g/mol. The summed E-state index contributed by atoms with van der Waals surface area (Å²) in [4.78, 5) is 12.2. The van der Waals surface area contributed by atoms with Crippen LogP contribution in [0.5, 0.6) is 5.75 Å². The molecule has 4 heteroatoms. The summed E-state index contributed by atoms with van der Waals surface area (Å²) in [5, 5.41) is 12.3. The van der Waals surface area contributed by atoms with Gasteiger partial charge in [0, 0.05) is 18.7 Å². The van der Waals surface area contributed by atoms with Crippen LogP contribution in [0.2, 0.25) is 0 Å². The minimum Gasteiger partial charge on any atom is -0.494 e. The maximum Gasteiger partial charge on any atom is 0.251 e. The fourth-order valence-corrected chi connectivity index (χ4v) is 2.90. The van der Waals surface area contributed by atoms with Gasteiger partial charge in [-0.2, -0.15) is 0 Å². The molecule has 0 heterocycles. The molecule has 0 bridgehead atoms. The highest BCUT2D eigenvalue weighted by Gasteiger charge is 2.26. The summed E-state index contributed by atoms with van der Waals surface area (Å²) in [6.07, 6.45) is 4.25. The van der Waals surface area contributed by atoms with Crippen molar-refractivity contribution < 1.29 is 14.6 Å². The standard InChI is InChI=1S/C17H25NO3/c1-2-9-21-16-8-4-5-13(10-16)17(20)18-11-14-6-3-7-15(14)12-19/h4-5,8,10,14-15,19H,2-3,6-7,9,11-12H2,1H3,(H,18,20). The van der Waals surface area contributed by atoms with E-state index in [4.69, 9.17) is 4.74 Å². The summed E-state index contributed by atoms with van der Waals surface area (Å²) in [5.41, 5.74) is 0.627. The average Bonchev–Trinajstić information content (AvgIpc) is 2.98. The first kappa shape index (κ1) is 15.8. The first-order valence-electron chi connectivity index (χ1n) is 7.86. The maximum absolute atomic E-state index is 12.2. The molecule has 0 aromatic heterocycles. The molecule has 1 saturated carbocycles. The Hall–Kier alpha value is -1.55. The zero-order chi connectivity index (χ0) is 15.1. The Morgan fingerprint density at radius 3 is 2.95 bits per heavy atom. The molecular formula is C17H25NO3.